The molecule has 1 saturated carbocycles. The van der Waals surface area contributed by atoms with Crippen LogP contribution in [0.15, 0.2) is 0 Å². The van der Waals surface area contributed by atoms with E-state index in [9.17, 15) is 4.79 Å². The summed E-state index contributed by atoms with van der Waals surface area (Å²) in [4.78, 5) is 14.4. The van der Waals surface area contributed by atoms with Crippen LogP contribution in [-0.4, -0.2) is 50.2 Å². The second-order valence-electron chi connectivity index (χ2n) is 5.59. The fourth-order valence-corrected chi connectivity index (χ4v) is 2.71. The van der Waals surface area contributed by atoms with E-state index in [-0.39, 0.29) is 0 Å². The summed E-state index contributed by atoms with van der Waals surface area (Å²) in [5.41, 5.74) is 0. The van der Waals surface area contributed by atoms with E-state index in [4.69, 9.17) is 4.74 Å². The number of hydrogen-bond donors (Lipinski definition) is 1. The third-order valence-corrected chi connectivity index (χ3v) is 3.90. The Labute approximate surface area is 110 Å². The molecule has 2 rings (SSSR count). The van der Waals surface area contributed by atoms with Gasteiger partial charge in [-0.2, -0.15) is 0 Å². The summed E-state index contributed by atoms with van der Waals surface area (Å²) in [5.74, 6) is 0.992. The smallest absolute Gasteiger partial charge is 0.222 e. The van der Waals surface area contributed by atoms with Crippen LogP contribution in [0.2, 0.25) is 0 Å². The summed E-state index contributed by atoms with van der Waals surface area (Å²) in [7, 11) is 1.69. The van der Waals surface area contributed by atoms with E-state index in [1.54, 1.807) is 7.11 Å². The Kier molecular flexibility index (Phi) is 5.45. The number of carbonyl (C=O) groups excluding carboxylic acids is 1. The monoisotopic (exact) mass is 254 g/mol. The van der Waals surface area contributed by atoms with Gasteiger partial charge >= 0.3 is 0 Å². The molecule has 1 unspecified atom stereocenters. The van der Waals surface area contributed by atoms with E-state index in [1.165, 1.54) is 25.7 Å². The van der Waals surface area contributed by atoms with Gasteiger partial charge in [-0.05, 0) is 51.1 Å². The van der Waals surface area contributed by atoms with Crippen LogP contribution >= 0.6 is 0 Å². The van der Waals surface area contributed by atoms with Gasteiger partial charge in [0.2, 0.25) is 5.91 Å². The van der Waals surface area contributed by atoms with Crippen LogP contribution in [0.5, 0.6) is 0 Å². The Morgan fingerprint density at radius 1 is 1.39 bits per heavy atom. The van der Waals surface area contributed by atoms with Crippen LogP contribution in [0.1, 0.15) is 38.5 Å². The number of rotatable bonds is 7. The summed E-state index contributed by atoms with van der Waals surface area (Å²) in [6.45, 7) is 3.87. The number of amides is 1. The highest BCUT2D eigenvalue weighted by atomic mass is 16.5. The van der Waals surface area contributed by atoms with Crippen molar-refractivity contribution in [3.8, 4) is 0 Å². The van der Waals surface area contributed by atoms with Crippen molar-refractivity contribution in [2.24, 2.45) is 5.92 Å². The van der Waals surface area contributed by atoms with E-state index in [2.05, 4.69) is 10.2 Å². The Balaban J connectivity index is 1.77. The average molecular weight is 254 g/mol. The van der Waals surface area contributed by atoms with Gasteiger partial charge in [0.25, 0.3) is 0 Å². The van der Waals surface area contributed by atoms with Gasteiger partial charge in [-0.15, -0.1) is 0 Å². The molecule has 1 saturated heterocycles. The highest BCUT2D eigenvalue weighted by Gasteiger charge is 2.33. The molecule has 18 heavy (non-hydrogen) atoms. The summed E-state index contributed by atoms with van der Waals surface area (Å²) >= 11 is 0. The number of hydrogen-bond acceptors (Lipinski definition) is 3. The Bertz CT molecular complexity index is 261. The lowest BCUT2D eigenvalue weighted by atomic mass is 9.99. The first-order chi connectivity index (χ1) is 8.81. The van der Waals surface area contributed by atoms with Gasteiger partial charge in [-0.3, -0.25) is 4.79 Å². The van der Waals surface area contributed by atoms with E-state index >= 15 is 0 Å². The first-order valence-corrected chi connectivity index (χ1v) is 7.30. The van der Waals surface area contributed by atoms with Crippen molar-refractivity contribution in [3.05, 3.63) is 0 Å². The van der Waals surface area contributed by atoms with E-state index in [0.29, 0.717) is 30.9 Å². The molecule has 0 radical (unpaired) electrons. The van der Waals surface area contributed by atoms with E-state index in [0.717, 1.165) is 26.1 Å². The SMILES string of the molecule is COCCCC(=O)N(CC1CCCNC1)C1CC1. The Hall–Kier alpha value is -0.610. The Morgan fingerprint density at radius 3 is 2.83 bits per heavy atom. The maximum atomic E-state index is 12.2. The molecule has 104 valence electrons. The molecule has 4 nitrogen and oxygen atoms in total. The molecule has 0 bridgehead atoms. The number of ether oxygens (including phenoxy) is 1. The number of nitrogens with one attached hydrogen (secondary N) is 1. The van der Waals surface area contributed by atoms with Crippen molar-refractivity contribution in [2.45, 2.75) is 44.6 Å². The molecule has 1 N–H and O–H groups in total. The quantitative estimate of drug-likeness (QED) is 0.698. The van der Waals surface area contributed by atoms with Gasteiger partial charge in [0.15, 0.2) is 0 Å². The zero-order valence-corrected chi connectivity index (χ0v) is 11.5. The predicted octanol–water partition coefficient (Wildman–Crippen LogP) is 1.40. The lowest BCUT2D eigenvalue weighted by Gasteiger charge is -2.30. The molecular weight excluding hydrogens is 228 g/mol. The molecule has 0 spiro atoms. The topological polar surface area (TPSA) is 41.6 Å². The highest BCUT2D eigenvalue weighted by molar-refractivity contribution is 5.76. The van der Waals surface area contributed by atoms with Crippen LogP contribution in [0.4, 0.5) is 0 Å². The van der Waals surface area contributed by atoms with Crippen molar-refractivity contribution in [3.63, 3.8) is 0 Å². The minimum absolute atomic E-state index is 0.333. The van der Waals surface area contributed by atoms with Gasteiger partial charge < -0.3 is 15.0 Å². The molecule has 2 aliphatic rings. The molecule has 1 aliphatic heterocycles. The second-order valence-corrected chi connectivity index (χ2v) is 5.59. The van der Waals surface area contributed by atoms with Crippen LogP contribution in [-0.2, 0) is 9.53 Å². The lowest BCUT2D eigenvalue weighted by Crippen LogP contribution is -2.42. The fourth-order valence-electron chi connectivity index (χ4n) is 2.71. The lowest BCUT2D eigenvalue weighted by molar-refractivity contribution is -0.132. The molecule has 1 amide bonds. The molecule has 2 fully saturated rings. The van der Waals surface area contributed by atoms with Crippen molar-refractivity contribution in [1.82, 2.24) is 10.2 Å². The van der Waals surface area contributed by atoms with Crippen molar-refractivity contribution in [1.29, 1.82) is 0 Å². The van der Waals surface area contributed by atoms with Crippen LogP contribution in [0.3, 0.4) is 0 Å². The van der Waals surface area contributed by atoms with Gasteiger partial charge in [-0.25, -0.2) is 0 Å². The minimum atomic E-state index is 0.333. The third kappa shape index (κ3) is 4.25. The first kappa shape index (κ1) is 13.8. The number of carbonyl (C=O) groups is 1. The second kappa shape index (κ2) is 7.10. The molecule has 0 aromatic carbocycles. The first-order valence-electron chi connectivity index (χ1n) is 7.30. The standard InChI is InChI=1S/C14H26N2O2/c1-18-9-3-5-14(17)16(13-6-7-13)11-12-4-2-8-15-10-12/h12-13,15H,2-11H2,1H3. The van der Waals surface area contributed by atoms with Crippen molar-refractivity contribution < 1.29 is 9.53 Å². The highest BCUT2D eigenvalue weighted by Crippen LogP contribution is 2.29. The predicted molar refractivity (Wildman–Crippen MR) is 71.4 cm³/mol. The fraction of sp³-hybridized carbons (Fsp3) is 0.929. The zero-order chi connectivity index (χ0) is 12.8. The number of methoxy groups -OCH3 is 1. The molecule has 0 aromatic rings. The number of piperidine rings is 1. The molecular formula is C14H26N2O2. The molecule has 1 heterocycles. The third-order valence-electron chi connectivity index (χ3n) is 3.90. The zero-order valence-electron chi connectivity index (χ0n) is 11.5. The minimum Gasteiger partial charge on any atom is -0.385 e. The van der Waals surface area contributed by atoms with E-state index in [1.807, 2.05) is 0 Å². The molecule has 0 aromatic heterocycles. The van der Waals surface area contributed by atoms with Gasteiger partial charge in [0, 0.05) is 32.7 Å². The molecule has 1 atom stereocenters. The van der Waals surface area contributed by atoms with Crippen LogP contribution in [0, 0.1) is 5.92 Å². The largest absolute Gasteiger partial charge is 0.385 e. The van der Waals surface area contributed by atoms with Crippen molar-refractivity contribution >= 4 is 5.91 Å². The van der Waals surface area contributed by atoms with Crippen molar-refractivity contribution in [2.75, 3.05) is 33.4 Å². The van der Waals surface area contributed by atoms with Gasteiger partial charge in [-0.1, -0.05) is 0 Å². The summed E-state index contributed by atoms with van der Waals surface area (Å²) in [6.07, 6.45) is 6.42. The van der Waals surface area contributed by atoms with Crippen LogP contribution < -0.4 is 5.32 Å². The molecule has 4 heteroatoms. The maximum Gasteiger partial charge on any atom is 0.222 e. The van der Waals surface area contributed by atoms with Gasteiger partial charge in [0.1, 0.15) is 0 Å². The summed E-state index contributed by atoms with van der Waals surface area (Å²) in [5, 5.41) is 3.43. The summed E-state index contributed by atoms with van der Waals surface area (Å²) in [6, 6.07) is 0.543. The van der Waals surface area contributed by atoms with Gasteiger partial charge in [0.05, 0.1) is 0 Å². The Morgan fingerprint density at radius 2 is 2.22 bits per heavy atom. The maximum absolute atomic E-state index is 12.2. The number of nitrogens with zero attached hydrogens (tertiary/aromatic N) is 1. The normalized spacial score (nSPS) is 23.9. The molecule has 1 aliphatic carbocycles. The summed E-state index contributed by atoms with van der Waals surface area (Å²) < 4.78 is 5.02. The van der Waals surface area contributed by atoms with E-state index < -0.39 is 0 Å². The van der Waals surface area contributed by atoms with Crippen LogP contribution in [0.25, 0.3) is 0 Å². The average Bonchev–Trinajstić information content (AvgIpc) is 3.21.